The Morgan fingerprint density at radius 1 is 1.19 bits per heavy atom. The molecule has 0 aliphatic carbocycles. The van der Waals surface area contributed by atoms with Crippen LogP contribution in [0.3, 0.4) is 0 Å². The third-order valence-corrected chi connectivity index (χ3v) is 4.35. The number of aromatic nitrogens is 1. The van der Waals surface area contributed by atoms with Gasteiger partial charge in [-0.25, -0.2) is 4.98 Å². The van der Waals surface area contributed by atoms with E-state index in [9.17, 15) is 4.79 Å². The highest BCUT2D eigenvalue weighted by Crippen LogP contribution is 2.25. The van der Waals surface area contributed by atoms with E-state index in [0.29, 0.717) is 24.5 Å². The lowest BCUT2D eigenvalue weighted by atomic mass is 10.1. The van der Waals surface area contributed by atoms with Gasteiger partial charge >= 0.3 is 0 Å². The monoisotopic (exact) mass is 350 g/mol. The van der Waals surface area contributed by atoms with Gasteiger partial charge < -0.3 is 14.5 Å². The number of carbonyl (C=O) groups is 1. The van der Waals surface area contributed by atoms with Gasteiger partial charge in [0.2, 0.25) is 5.91 Å². The largest absolute Gasteiger partial charge is 0.497 e. The van der Waals surface area contributed by atoms with Crippen molar-refractivity contribution >= 4 is 11.6 Å². The second-order valence-corrected chi connectivity index (χ2v) is 6.15. The number of hydrogen-bond donors (Lipinski definition) is 1. The van der Waals surface area contributed by atoms with E-state index in [1.165, 1.54) is 0 Å². The molecule has 0 unspecified atom stereocenters. The van der Waals surface area contributed by atoms with E-state index in [1.54, 1.807) is 13.3 Å². The van der Waals surface area contributed by atoms with Crippen LogP contribution in [0, 0.1) is 13.8 Å². The number of rotatable bonds is 6. The zero-order chi connectivity index (χ0) is 18.5. The van der Waals surface area contributed by atoms with E-state index >= 15 is 0 Å². The van der Waals surface area contributed by atoms with Gasteiger partial charge in [0.25, 0.3) is 0 Å². The molecule has 0 bridgehead atoms. The molecule has 5 nitrogen and oxygen atoms in total. The number of nitrogens with one attached hydrogen (secondary N) is 1. The molecule has 0 radical (unpaired) electrons. The Bertz CT molecular complexity index is 915. The SMILES string of the molecule is COc1cccc(-c2cnc(CCC(=O)Nc3cccc(C)c3C)o2)c1. The molecule has 134 valence electrons. The quantitative estimate of drug-likeness (QED) is 0.709. The van der Waals surface area contributed by atoms with Crippen LogP contribution in [-0.4, -0.2) is 18.0 Å². The topological polar surface area (TPSA) is 64.4 Å². The highest BCUT2D eigenvalue weighted by atomic mass is 16.5. The van der Waals surface area contributed by atoms with Gasteiger partial charge in [0.1, 0.15) is 5.75 Å². The number of oxazole rings is 1. The molecule has 1 aromatic heterocycles. The summed E-state index contributed by atoms with van der Waals surface area (Å²) in [4.78, 5) is 16.5. The van der Waals surface area contributed by atoms with E-state index in [4.69, 9.17) is 9.15 Å². The second kappa shape index (κ2) is 7.87. The first-order valence-corrected chi connectivity index (χ1v) is 8.52. The number of amides is 1. The summed E-state index contributed by atoms with van der Waals surface area (Å²) >= 11 is 0. The average molecular weight is 350 g/mol. The molecule has 1 N–H and O–H groups in total. The lowest BCUT2D eigenvalue weighted by Gasteiger charge is -2.09. The number of benzene rings is 2. The molecule has 0 fully saturated rings. The molecule has 3 aromatic rings. The van der Waals surface area contributed by atoms with Gasteiger partial charge in [-0.05, 0) is 43.2 Å². The summed E-state index contributed by atoms with van der Waals surface area (Å²) < 4.78 is 11.0. The summed E-state index contributed by atoms with van der Waals surface area (Å²) in [5, 5.41) is 2.95. The van der Waals surface area contributed by atoms with Crippen LogP contribution in [0.2, 0.25) is 0 Å². The minimum absolute atomic E-state index is 0.0557. The molecule has 0 aliphatic heterocycles. The van der Waals surface area contributed by atoms with Gasteiger partial charge in [0.05, 0.1) is 13.3 Å². The van der Waals surface area contributed by atoms with Gasteiger partial charge in [0.15, 0.2) is 11.7 Å². The molecule has 0 saturated carbocycles. The van der Waals surface area contributed by atoms with Crippen molar-refractivity contribution in [1.29, 1.82) is 0 Å². The molecule has 5 heteroatoms. The molecule has 3 rings (SSSR count). The standard InChI is InChI=1S/C21H22N2O3/c1-14-6-4-9-18(15(14)2)23-20(24)10-11-21-22-13-19(26-21)16-7-5-8-17(12-16)25-3/h4-9,12-13H,10-11H2,1-3H3,(H,23,24). The van der Waals surface area contributed by atoms with Crippen molar-refractivity contribution in [2.24, 2.45) is 0 Å². The highest BCUT2D eigenvalue weighted by molar-refractivity contribution is 5.91. The zero-order valence-corrected chi connectivity index (χ0v) is 15.2. The van der Waals surface area contributed by atoms with Gasteiger partial charge in [-0.3, -0.25) is 4.79 Å². The molecule has 1 heterocycles. The first-order valence-electron chi connectivity index (χ1n) is 8.52. The molecule has 0 saturated heterocycles. The third kappa shape index (κ3) is 4.11. The Morgan fingerprint density at radius 2 is 2.00 bits per heavy atom. The van der Waals surface area contributed by atoms with Crippen molar-refractivity contribution in [1.82, 2.24) is 4.98 Å². The molecular weight excluding hydrogens is 328 g/mol. The van der Waals surface area contributed by atoms with Crippen LogP contribution in [0.4, 0.5) is 5.69 Å². The van der Waals surface area contributed by atoms with Crippen LogP contribution >= 0.6 is 0 Å². The molecule has 0 atom stereocenters. The predicted octanol–water partition coefficient (Wildman–Crippen LogP) is 4.54. The van der Waals surface area contributed by atoms with Crippen LogP contribution in [0.15, 0.2) is 53.1 Å². The maximum atomic E-state index is 12.2. The van der Waals surface area contributed by atoms with E-state index in [1.807, 2.05) is 56.3 Å². The number of nitrogens with zero attached hydrogens (tertiary/aromatic N) is 1. The number of ether oxygens (including phenoxy) is 1. The van der Waals surface area contributed by atoms with Crippen molar-refractivity contribution in [3.8, 4) is 17.1 Å². The first kappa shape index (κ1) is 17.7. The summed E-state index contributed by atoms with van der Waals surface area (Å²) in [6.07, 6.45) is 2.43. The fraction of sp³-hybridized carbons (Fsp3) is 0.238. The Morgan fingerprint density at radius 3 is 2.81 bits per heavy atom. The van der Waals surface area contributed by atoms with Gasteiger partial charge in [-0.1, -0.05) is 24.3 Å². The average Bonchev–Trinajstić information content (AvgIpc) is 3.13. The van der Waals surface area contributed by atoms with Crippen LogP contribution in [0.25, 0.3) is 11.3 Å². The fourth-order valence-corrected chi connectivity index (χ4v) is 2.66. The number of hydrogen-bond acceptors (Lipinski definition) is 4. The molecule has 26 heavy (non-hydrogen) atoms. The van der Waals surface area contributed by atoms with Crippen LogP contribution in [0.1, 0.15) is 23.4 Å². The number of aryl methyl sites for hydroxylation is 2. The molecule has 0 spiro atoms. The van der Waals surface area contributed by atoms with Gasteiger partial charge in [-0.15, -0.1) is 0 Å². The summed E-state index contributed by atoms with van der Waals surface area (Å²) in [5.41, 5.74) is 3.97. The number of anilines is 1. The van der Waals surface area contributed by atoms with Crippen molar-refractivity contribution in [3.05, 3.63) is 65.7 Å². The third-order valence-electron chi connectivity index (χ3n) is 4.35. The Kier molecular flexibility index (Phi) is 5.37. The van der Waals surface area contributed by atoms with E-state index in [2.05, 4.69) is 10.3 Å². The minimum atomic E-state index is -0.0557. The fourth-order valence-electron chi connectivity index (χ4n) is 2.66. The van der Waals surface area contributed by atoms with Crippen LogP contribution in [-0.2, 0) is 11.2 Å². The molecular formula is C21H22N2O3. The maximum Gasteiger partial charge on any atom is 0.224 e. The maximum absolute atomic E-state index is 12.2. The summed E-state index contributed by atoms with van der Waals surface area (Å²) in [5.74, 6) is 1.90. The molecule has 0 aliphatic rings. The lowest BCUT2D eigenvalue weighted by Crippen LogP contribution is -2.13. The van der Waals surface area contributed by atoms with Crippen molar-refractivity contribution in [2.75, 3.05) is 12.4 Å². The van der Waals surface area contributed by atoms with E-state index < -0.39 is 0 Å². The Hall–Kier alpha value is -3.08. The van der Waals surface area contributed by atoms with Crippen LogP contribution in [0.5, 0.6) is 5.75 Å². The summed E-state index contributed by atoms with van der Waals surface area (Å²) in [6, 6.07) is 13.5. The summed E-state index contributed by atoms with van der Waals surface area (Å²) in [7, 11) is 1.62. The lowest BCUT2D eigenvalue weighted by molar-refractivity contribution is -0.116. The second-order valence-electron chi connectivity index (χ2n) is 6.15. The Labute approximate surface area is 153 Å². The number of carbonyl (C=O) groups excluding carboxylic acids is 1. The zero-order valence-electron chi connectivity index (χ0n) is 15.2. The van der Waals surface area contributed by atoms with Crippen molar-refractivity contribution < 1.29 is 13.9 Å². The Balaban J connectivity index is 1.61. The molecule has 2 aromatic carbocycles. The van der Waals surface area contributed by atoms with E-state index in [0.717, 1.165) is 28.1 Å². The smallest absolute Gasteiger partial charge is 0.224 e. The minimum Gasteiger partial charge on any atom is -0.497 e. The van der Waals surface area contributed by atoms with Gasteiger partial charge in [-0.2, -0.15) is 0 Å². The number of methoxy groups -OCH3 is 1. The van der Waals surface area contributed by atoms with Crippen LogP contribution < -0.4 is 10.1 Å². The normalized spacial score (nSPS) is 10.6. The van der Waals surface area contributed by atoms with Crippen molar-refractivity contribution in [3.63, 3.8) is 0 Å². The highest BCUT2D eigenvalue weighted by Gasteiger charge is 2.11. The van der Waals surface area contributed by atoms with Gasteiger partial charge in [0, 0.05) is 24.1 Å². The first-order chi connectivity index (χ1) is 12.6. The van der Waals surface area contributed by atoms with E-state index in [-0.39, 0.29) is 5.91 Å². The molecule has 1 amide bonds. The predicted molar refractivity (Wildman–Crippen MR) is 101 cm³/mol. The summed E-state index contributed by atoms with van der Waals surface area (Å²) in [6.45, 7) is 4.03. The van der Waals surface area contributed by atoms with Crippen molar-refractivity contribution in [2.45, 2.75) is 26.7 Å².